The van der Waals surface area contributed by atoms with Crippen LogP contribution < -0.4 is 0 Å². The Kier molecular flexibility index (Phi) is 5.06. The standard InChI is InChI=1S/C15H22N2O3/c1-4-6-12(19-3)14-16-9-11(15(18)20-5-2)13(17-14)10-7-8-10/h9-10,12H,4-8H2,1-3H3. The summed E-state index contributed by atoms with van der Waals surface area (Å²) in [5, 5.41) is 0. The summed E-state index contributed by atoms with van der Waals surface area (Å²) in [6.45, 7) is 4.26. The molecule has 1 aromatic heterocycles. The Morgan fingerprint density at radius 3 is 2.75 bits per heavy atom. The maximum Gasteiger partial charge on any atom is 0.341 e. The fourth-order valence-electron chi connectivity index (χ4n) is 2.21. The molecule has 0 amide bonds. The first-order valence-corrected chi connectivity index (χ1v) is 7.27. The number of aromatic nitrogens is 2. The van der Waals surface area contributed by atoms with Crippen molar-refractivity contribution in [3.63, 3.8) is 0 Å². The molecule has 1 saturated carbocycles. The first-order chi connectivity index (χ1) is 9.71. The second-order valence-electron chi connectivity index (χ2n) is 5.03. The van der Waals surface area contributed by atoms with Gasteiger partial charge < -0.3 is 9.47 Å². The van der Waals surface area contributed by atoms with E-state index >= 15 is 0 Å². The summed E-state index contributed by atoms with van der Waals surface area (Å²) in [6.07, 6.45) is 5.52. The molecule has 5 heteroatoms. The molecule has 1 atom stereocenters. The number of nitrogens with zero attached hydrogens (tertiary/aromatic N) is 2. The van der Waals surface area contributed by atoms with E-state index in [4.69, 9.17) is 9.47 Å². The molecule has 1 aliphatic rings. The molecule has 1 heterocycles. The summed E-state index contributed by atoms with van der Waals surface area (Å²) in [7, 11) is 1.67. The Morgan fingerprint density at radius 2 is 2.20 bits per heavy atom. The molecule has 2 rings (SSSR count). The third-order valence-corrected chi connectivity index (χ3v) is 3.42. The average molecular weight is 278 g/mol. The lowest BCUT2D eigenvalue weighted by Crippen LogP contribution is -2.14. The van der Waals surface area contributed by atoms with Crippen LogP contribution >= 0.6 is 0 Å². The Balaban J connectivity index is 2.29. The summed E-state index contributed by atoms with van der Waals surface area (Å²) in [5.74, 6) is 0.713. The van der Waals surface area contributed by atoms with Crippen molar-refractivity contribution in [3.8, 4) is 0 Å². The molecule has 0 bridgehead atoms. The number of carbonyl (C=O) groups is 1. The fourth-order valence-corrected chi connectivity index (χ4v) is 2.21. The lowest BCUT2D eigenvalue weighted by molar-refractivity contribution is 0.0522. The molecule has 0 saturated heterocycles. The highest BCUT2D eigenvalue weighted by Crippen LogP contribution is 2.41. The van der Waals surface area contributed by atoms with E-state index in [0.29, 0.717) is 23.9 Å². The van der Waals surface area contributed by atoms with Gasteiger partial charge in [-0.2, -0.15) is 0 Å². The topological polar surface area (TPSA) is 61.3 Å². The molecule has 0 aromatic carbocycles. The van der Waals surface area contributed by atoms with Gasteiger partial charge >= 0.3 is 5.97 Å². The lowest BCUT2D eigenvalue weighted by Gasteiger charge is -2.15. The minimum atomic E-state index is -0.328. The molecule has 1 aromatic rings. The Bertz CT molecular complexity index is 472. The second-order valence-corrected chi connectivity index (χ2v) is 5.03. The normalized spacial score (nSPS) is 15.9. The van der Waals surface area contributed by atoms with Crippen molar-refractivity contribution < 1.29 is 14.3 Å². The van der Waals surface area contributed by atoms with E-state index in [0.717, 1.165) is 31.4 Å². The van der Waals surface area contributed by atoms with Crippen molar-refractivity contribution in [2.45, 2.75) is 51.6 Å². The van der Waals surface area contributed by atoms with Crippen LogP contribution in [0.3, 0.4) is 0 Å². The number of carbonyl (C=O) groups excluding carboxylic acids is 1. The van der Waals surface area contributed by atoms with Gasteiger partial charge in [0.1, 0.15) is 6.10 Å². The summed E-state index contributed by atoms with van der Waals surface area (Å²) < 4.78 is 10.5. The van der Waals surface area contributed by atoms with Crippen LogP contribution in [0, 0.1) is 0 Å². The van der Waals surface area contributed by atoms with Crippen LogP contribution in [0.1, 0.15) is 73.4 Å². The van der Waals surface area contributed by atoms with Crippen LogP contribution in [0.5, 0.6) is 0 Å². The van der Waals surface area contributed by atoms with Gasteiger partial charge in [-0.3, -0.25) is 0 Å². The summed E-state index contributed by atoms with van der Waals surface area (Å²) in [5.41, 5.74) is 1.33. The number of methoxy groups -OCH3 is 1. The van der Waals surface area contributed by atoms with E-state index < -0.39 is 0 Å². The van der Waals surface area contributed by atoms with Crippen LogP contribution in [0.2, 0.25) is 0 Å². The largest absolute Gasteiger partial charge is 0.462 e. The zero-order valence-electron chi connectivity index (χ0n) is 12.4. The summed E-state index contributed by atoms with van der Waals surface area (Å²) in [4.78, 5) is 20.8. The molecule has 0 radical (unpaired) electrons. The van der Waals surface area contributed by atoms with Gasteiger partial charge in [0.2, 0.25) is 0 Å². The van der Waals surface area contributed by atoms with Gasteiger partial charge in [0.05, 0.1) is 17.9 Å². The zero-order chi connectivity index (χ0) is 14.5. The third-order valence-electron chi connectivity index (χ3n) is 3.42. The van der Waals surface area contributed by atoms with Gasteiger partial charge in [-0.05, 0) is 26.2 Å². The highest BCUT2D eigenvalue weighted by molar-refractivity contribution is 5.90. The highest BCUT2D eigenvalue weighted by atomic mass is 16.5. The molecule has 0 spiro atoms. The van der Waals surface area contributed by atoms with Crippen molar-refractivity contribution in [3.05, 3.63) is 23.3 Å². The molecule has 110 valence electrons. The Labute approximate surface area is 119 Å². The fraction of sp³-hybridized carbons (Fsp3) is 0.667. The van der Waals surface area contributed by atoms with Gasteiger partial charge in [0.15, 0.2) is 5.82 Å². The molecular weight excluding hydrogens is 256 g/mol. The van der Waals surface area contributed by atoms with Crippen LogP contribution in [0.15, 0.2) is 6.20 Å². The Hall–Kier alpha value is -1.49. The van der Waals surface area contributed by atoms with Crippen LogP contribution in [0.25, 0.3) is 0 Å². The number of hydrogen-bond acceptors (Lipinski definition) is 5. The van der Waals surface area contributed by atoms with Gasteiger partial charge in [-0.15, -0.1) is 0 Å². The number of esters is 1. The van der Waals surface area contributed by atoms with Crippen LogP contribution in [-0.2, 0) is 9.47 Å². The van der Waals surface area contributed by atoms with E-state index in [-0.39, 0.29) is 12.1 Å². The SMILES string of the molecule is CCCC(OC)c1ncc(C(=O)OCC)c(C2CC2)n1. The quantitative estimate of drug-likeness (QED) is 0.717. The number of hydrogen-bond donors (Lipinski definition) is 0. The molecule has 0 N–H and O–H groups in total. The molecule has 1 fully saturated rings. The smallest absolute Gasteiger partial charge is 0.341 e. The molecule has 20 heavy (non-hydrogen) atoms. The van der Waals surface area contributed by atoms with Gasteiger partial charge in [-0.25, -0.2) is 14.8 Å². The van der Waals surface area contributed by atoms with Crippen LogP contribution in [0.4, 0.5) is 0 Å². The van der Waals surface area contributed by atoms with E-state index in [2.05, 4.69) is 16.9 Å². The molecular formula is C15H22N2O3. The van der Waals surface area contributed by atoms with Crippen molar-refractivity contribution >= 4 is 5.97 Å². The van der Waals surface area contributed by atoms with E-state index in [1.165, 1.54) is 0 Å². The first-order valence-electron chi connectivity index (χ1n) is 7.27. The second kappa shape index (κ2) is 6.79. The summed E-state index contributed by atoms with van der Waals surface area (Å²) >= 11 is 0. The monoisotopic (exact) mass is 278 g/mol. The van der Waals surface area contributed by atoms with Gasteiger partial charge in [0.25, 0.3) is 0 Å². The minimum absolute atomic E-state index is 0.103. The van der Waals surface area contributed by atoms with Crippen molar-refractivity contribution in [2.75, 3.05) is 13.7 Å². The number of rotatable bonds is 7. The number of ether oxygens (including phenoxy) is 2. The minimum Gasteiger partial charge on any atom is -0.462 e. The lowest BCUT2D eigenvalue weighted by atomic mass is 10.1. The molecule has 5 nitrogen and oxygen atoms in total. The first kappa shape index (κ1) is 14.9. The van der Waals surface area contributed by atoms with Crippen molar-refractivity contribution in [1.82, 2.24) is 9.97 Å². The van der Waals surface area contributed by atoms with Gasteiger partial charge in [0, 0.05) is 19.2 Å². The van der Waals surface area contributed by atoms with E-state index in [1.807, 2.05) is 0 Å². The van der Waals surface area contributed by atoms with Gasteiger partial charge in [-0.1, -0.05) is 13.3 Å². The maximum atomic E-state index is 11.9. The van der Waals surface area contributed by atoms with Crippen molar-refractivity contribution in [2.24, 2.45) is 0 Å². The average Bonchev–Trinajstić information content (AvgIpc) is 3.29. The molecule has 1 unspecified atom stereocenters. The molecule has 1 aliphatic carbocycles. The van der Waals surface area contributed by atoms with Crippen molar-refractivity contribution in [1.29, 1.82) is 0 Å². The predicted molar refractivity (Wildman–Crippen MR) is 74.6 cm³/mol. The van der Waals surface area contributed by atoms with Crippen LogP contribution in [-0.4, -0.2) is 29.7 Å². The predicted octanol–water partition coefficient (Wildman–Crippen LogP) is 3.02. The van der Waals surface area contributed by atoms with E-state index in [9.17, 15) is 4.79 Å². The third kappa shape index (κ3) is 3.33. The summed E-state index contributed by atoms with van der Waals surface area (Å²) in [6, 6.07) is 0. The zero-order valence-corrected chi connectivity index (χ0v) is 12.4. The van der Waals surface area contributed by atoms with E-state index in [1.54, 1.807) is 20.2 Å². The Morgan fingerprint density at radius 1 is 1.45 bits per heavy atom. The highest BCUT2D eigenvalue weighted by Gasteiger charge is 2.31. The maximum absolute atomic E-state index is 11.9. The molecule has 0 aliphatic heterocycles.